The Labute approximate surface area is 125 Å². The normalized spacial score (nSPS) is 11.9. The van der Waals surface area contributed by atoms with Crippen LogP contribution in [0, 0.1) is 5.82 Å². The summed E-state index contributed by atoms with van der Waals surface area (Å²) < 4.78 is 13.8. The molecule has 2 aromatic carbocycles. The second-order valence-corrected chi connectivity index (χ2v) is 5.17. The second-order valence-electron chi connectivity index (χ2n) is 4.31. The Morgan fingerprint density at radius 2 is 1.95 bits per heavy atom. The highest BCUT2D eigenvalue weighted by Crippen LogP contribution is 2.25. The topological polar surface area (TPSA) is 55.1 Å². The maximum absolute atomic E-state index is 13.2. The smallest absolute Gasteiger partial charge is 0.233 e. The van der Waals surface area contributed by atoms with Crippen LogP contribution in [0.3, 0.4) is 0 Å². The Kier molecular flexibility index (Phi) is 4.87. The highest BCUT2D eigenvalue weighted by atomic mass is 79.9. The number of benzene rings is 2. The van der Waals surface area contributed by atoms with Crippen molar-refractivity contribution in [1.82, 2.24) is 0 Å². The van der Waals surface area contributed by atoms with Gasteiger partial charge in [-0.05, 0) is 39.7 Å². The van der Waals surface area contributed by atoms with Gasteiger partial charge in [0, 0.05) is 11.0 Å². The third-order valence-corrected chi connectivity index (χ3v) is 3.63. The predicted molar refractivity (Wildman–Crippen MR) is 81.0 cm³/mol. The van der Waals surface area contributed by atoms with E-state index < -0.39 is 11.7 Å². The molecule has 0 heterocycles. The van der Waals surface area contributed by atoms with E-state index in [2.05, 4.69) is 21.2 Å². The fraction of sp³-hybridized carbons (Fsp3) is 0.133. The van der Waals surface area contributed by atoms with Gasteiger partial charge in [0.25, 0.3) is 0 Å². The zero-order valence-electron chi connectivity index (χ0n) is 10.6. The Hall–Kier alpha value is -1.72. The first-order valence-electron chi connectivity index (χ1n) is 6.12. The van der Waals surface area contributed by atoms with Gasteiger partial charge in [0.1, 0.15) is 5.82 Å². The molecule has 1 unspecified atom stereocenters. The number of nitrogens with one attached hydrogen (secondary N) is 1. The number of carbonyl (C=O) groups is 1. The lowest BCUT2D eigenvalue weighted by atomic mass is 9.98. The molecule has 0 aliphatic carbocycles. The monoisotopic (exact) mass is 336 g/mol. The molecule has 5 heteroatoms. The molecule has 3 N–H and O–H groups in total. The molecule has 104 valence electrons. The third-order valence-electron chi connectivity index (χ3n) is 2.94. The third kappa shape index (κ3) is 3.43. The molecule has 1 atom stereocenters. The quantitative estimate of drug-likeness (QED) is 0.900. The van der Waals surface area contributed by atoms with E-state index in [1.807, 2.05) is 30.3 Å². The summed E-state index contributed by atoms with van der Waals surface area (Å²) in [6.07, 6.45) is 0. The summed E-state index contributed by atoms with van der Waals surface area (Å²) in [5.41, 5.74) is 6.91. The van der Waals surface area contributed by atoms with Gasteiger partial charge >= 0.3 is 0 Å². The highest BCUT2D eigenvalue weighted by molar-refractivity contribution is 9.10. The summed E-state index contributed by atoms with van der Waals surface area (Å²) in [5.74, 6) is -1.14. The molecular formula is C15H14BrFN2O. The molecule has 0 bridgehead atoms. The molecule has 0 saturated heterocycles. The lowest BCUT2D eigenvalue weighted by Gasteiger charge is -2.16. The first-order valence-corrected chi connectivity index (χ1v) is 6.92. The average molecular weight is 337 g/mol. The second kappa shape index (κ2) is 6.63. The summed E-state index contributed by atoms with van der Waals surface area (Å²) in [6, 6.07) is 13.4. The number of nitrogens with two attached hydrogens (primary N) is 1. The van der Waals surface area contributed by atoms with Gasteiger partial charge in [-0.1, -0.05) is 30.3 Å². The number of amides is 1. The molecule has 0 aromatic heterocycles. The minimum atomic E-state index is -0.466. The first kappa shape index (κ1) is 14.7. The van der Waals surface area contributed by atoms with Crippen molar-refractivity contribution in [1.29, 1.82) is 0 Å². The molecule has 0 fully saturated rings. The SMILES string of the molecule is NCC(C(=O)Nc1cc(F)ccc1Br)c1ccccc1. The average Bonchev–Trinajstić information content (AvgIpc) is 2.45. The fourth-order valence-electron chi connectivity index (χ4n) is 1.89. The van der Waals surface area contributed by atoms with Crippen LogP contribution in [-0.2, 0) is 4.79 Å². The number of halogens is 2. The molecule has 3 nitrogen and oxygen atoms in total. The van der Waals surface area contributed by atoms with Gasteiger partial charge in [0.2, 0.25) is 5.91 Å². The summed E-state index contributed by atoms with van der Waals surface area (Å²) >= 11 is 3.27. The number of carbonyl (C=O) groups excluding carboxylic acids is 1. The van der Waals surface area contributed by atoms with Gasteiger partial charge in [-0.3, -0.25) is 4.79 Å². The Morgan fingerprint density at radius 3 is 2.60 bits per heavy atom. The number of hydrogen-bond acceptors (Lipinski definition) is 2. The first-order chi connectivity index (χ1) is 9.61. The van der Waals surface area contributed by atoms with E-state index in [4.69, 9.17) is 5.73 Å². The van der Waals surface area contributed by atoms with Crippen LogP contribution in [0.2, 0.25) is 0 Å². The van der Waals surface area contributed by atoms with Crippen LogP contribution in [0.4, 0.5) is 10.1 Å². The molecule has 0 radical (unpaired) electrons. The van der Waals surface area contributed by atoms with E-state index in [9.17, 15) is 9.18 Å². The number of rotatable bonds is 4. The van der Waals surface area contributed by atoms with E-state index in [-0.39, 0.29) is 12.5 Å². The van der Waals surface area contributed by atoms with Crippen LogP contribution < -0.4 is 11.1 Å². The predicted octanol–water partition coefficient (Wildman–Crippen LogP) is 3.27. The van der Waals surface area contributed by atoms with Crippen molar-refractivity contribution in [2.45, 2.75) is 5.92 Å². The maximum Gasteiger partial charge on any atom is 0.233 e. The molecular weight excluding hydrogens is 323 g/mol. The summed E-state index contributed by atoms with van der Waals surface area (Å²) in [5, 5.41) is 2.69. The summed E-state index contributed by atoms with van der Waals surface area (Å²) in [4.78, 5) is 12.3. The van der Waals surface area contributed by atoms with Crippen molar-refractivity contribution in [3.8, 4) is 0 Å². The number of hydrogen-bond donors (Lipinski definition) is 2. The van der Waals surface area contributed by atoms with E-state index in [0.717, 1.165) is 5.56 Å². The van der Waals surface area contributed by atoms with Gasteiger partial charge in [-0.2, -0.15) is 0 Å². The zero-order valence-corrected chi connectivity index (χ0v) is 12.2. The molecule has 1 amide bonds. The minimum absolute atomic E-state index is 0.183. The van der Waals surface area contributed by atoms with Gasteiger partial charge < -0.3 is 11.1 Å². The van der Waals surface area contributed by atoms with Gasteiger partial charge in [0.05, 0.1) is 11.6 Å². The minimum Gasteiger partial charge on any atom is -0.329 e. The molecule has 20 heavy (non-hydrogen) atoms. The molecule has 2 aromatic rings. The standard InChI is InChI=1S/C15H14BrFN2O/c16-13-7-6-11(17)8-14(13)19-15(20)12(9-18)10-4-2-1-3-5-10/h1-8,12H,9,18H2,(H,19,20). The van der Waals surface area contributed by atoms with Crippen LogP contribution in [0.15, 0.2) is 53.0 Å². The van der Waals surface area contributed by atoms with Gasteiger partial charge in [-0.25, -0.2) is 4.39 Å². The van der Waals surface area contributed by atoms with Crippen molar-refractivity contribution in [2.75, 3.05) is 11.9 Å². The molecule has 0 spiro atoms. The Morgan fingerprint density at radius 1 is 1.25 bits per heavy atom. The van der Waals surface area contributed by atoms with E-state index in [1.54, 1.807) is 6.07 Å². The molecule has 0 aliphatic heterocycles. The summed E-state index contributed by atoms with van der Waals surface area (Å²) in [6.45, 7) is 0.183. The van der Waals surface area contributed by atoms with E-state index >= 15 is 0 Å². The Bertz CT molecular complexity index is 604. The molecule has 0 aliphatic rings. The van der Waals surface area contributed by atoms with E-state index in [0.29, 0.717) is 10.2 Å². The van der Waals surface area contributed by atoms with Gasteiger partial charge in [-0.15, -0.1) is 0 Å². The van der Waals surface area contributed by atoms with Crippen molar-refractivity contribution in [2.24, 2.45) is 5.73 Å². The Balaban J connectivity index is 2.20. The molecule has 2 rings (SSSR count). The maximum atomic E-state index is 13.2. The van der Waals surface area contributed by atoms with Crippen LogP contribution >= 0.6 is 15.9 Å². The lowest BCUT2D eigenvalue weighted by Crippen LogP contribution is -2.27. The number of anilines is 1. The van der Waals surface area contributed by atoms with Crippen molar-refractivity contribution >= 4 is 27.5 Å². The van der Waals surface area contributed by atoms with Crippen molar-refractivity contribution < 1.29 is 9.18 Å². The zero-order chi connectivity index (χ0) is 14.5. The molecule has 0 saturated carbocycles. The van der Waals surface area contributed by atoms with Crippen LogP contribution in [0.1, 0.15) is 11.5 Å². The van der Waals surface area contributed by atoms with Gasteiger partial charge in [0.15, 0.2) is 0 Å². The van der Waals surface area contributed by atoms with Crippen molar-refractivity contribution in [3.63, 3.8) is 0 Å². The lowest BCUT2D eigenvalue weighted by molar-refractivity contribution is -0.117. The van der Waals surface area contributed by atoms with Crippen LogP contribution in [0.25, 0.3) is 0 Å². The fourth-order valence-corrected chi connectivity index (χ4v) is 2.24. The van der Waals surface area contributed by atoms with Crippen molar-refractivity contribution in [3.05, 3.63) is 64.4 Å². The largest absolute Gasteiger partial charge is 0.329 e. The van der Waals surface area contributed by atoms with E-state index in [1.165, 1.54) is 12.1 Å². The van der Waals surface area contributed by atoms with Crippen LogP contribution in [0.5, 0.6) is 0 Å². The van der Waals surface area contributed by atoms with Crippen LogP contribution in [-0.4, -0.2) is 12.5 Å². The highest BCUT2D eigenvalue weighted by Gasteiger charge is 2.19. The summed E-state index contributed by atoms with van der Waals surface area (Å²) in [7, 11) is 0.